The Labute approximate surface area is 115 Å². The van der Waals surface area contributed by atoms with E-state index in [-0.39, 0.29) is 5.91 Å². The molecule has 1 aromatic rings. The van der Waals surface area contributed by atoms with Gasteiger partial charge in [0.1, 0.15) is 0 Å². The van der Waals surface area contributed by atoms with Gasteiger partial charge in [0.2, 0.25) is 5.91 Å². The number of nitrogens with one attached hydrogen (secondary N) is 1. The predicted octanol–water partition coefficient (Wildman–Crippen LogP) is 1.39. The van der Waals surface area contributed by atoms with Crippen LogP contribution in [0.3, 0.4) is 0 Å². The summed E-state index contributed by atoms with van der Waals surface area (Å²) >= 11 is 0. The average molecular weight is 261 g/mol. The number of aryl methyl sites for hydroxylation is 1. The summed E-state index contributed by atoms with van der Waals surface area (Å²) in [6, 6.07) is 3.96. The summed E-state index contributed by atoms with van der Waals surface area (Å²) in [4.78, 5) is 18.5. The molecule has 104 valence electrons. The first-order valence-corrected chi connectivity index (χ1v) is 7.03. The number of hydrogen-bond donors (Lipinski definition) is 1. The van der Waals surface area contributed by atoms with Crippen molar-refractivity contribution in [3.63, 3.8) is 0 Å². The normalized spacial score (nSPS) is 19.5. The Morgan fingerprint density at radius 3 is 3.05 bits per heavy atom. The van der Waals surface area contributed by atoms with Crippen LogP contribution in [0.1, 0.15) is 24.1 Å². The number of hydrogen-bond acceptors (Lipinski definition) is 3. The Balaban J connectivity index is 1.90. The molecule has 1 atom stereocenters. The maximum absolute atomic E-state index is 12.3. The van der Waals surface area contributed by atoms with Crippen molar-refractivity contribution in [1.29, 1.82) is 0 Å². The third-order valence-corrected chi connectivity index (χ3v) is 3.69. The zero-order valence-electron chi connectivity index (χ0n) is 11.9. The van der Waals surface area contributed by atoms with E-state index in [9.17, 15) is 4.79 Å². The van der Waals surface area contributed by atoms with Gasteiger partial charge < -0.3 is 10.2 Å². The van der Waals surface area contributed by atoms with Crippen LogP contribution in [0.2, 0.25) is 0 Å². The van der Waals surface area contributed by atoms with E-state index in [4.69, 9.17) is 0 Å². The second-order valence-corrected chi connectivity index (χ2v) is 5.39. The zero-order chi connectivity index (χ0) is 13.7. The molecule has 0 bridgehead atoms. The molecule has 1 aliphatic heterocycles. The highest BCUT2D eigenvalue weighted by atomic mass is 16.2. The fourth-order valence-corrected chi connectivity index (χ4v) is 2.64. The van der Waals surface area contributed by atoms with Gasteiger partial charge in [-0.2, -0.15) is 0 Å². The number of amides is 1. The molecule has 4 nitrogen and oxygen atoms in total. The van der Waals surface area contributed by atoms with Gasteiger partial charge in [0.05, 0.1) is 6.42 Å². The van der Waals surface area contributed by atoms with E-state index in [1.165, 1.54) is 6.42 Å². The Bertz CT molecular complexity index is 414. The average Bonchev–Trinajstić information content (AvgIpc) is 2.42. The minimum Gasteiger partial charge on any atom is -0.342 e. The van der Waals surface area contributed by atoms with Gasteiger partial charge in [-0.05, 0) is 50.9 Å². The van der Waals surface area contributed by atoms with Crippen LogP contribution in [0.4, 0.5) is 0 Å². The van der Waals surface area contributed by atoms with Gasteiger partial charge >= 0.3 is 0 Å². The Kier molecular flexibility index (Phi) is 4.91. The van der Waals surface area contributed by atoms with Gasteiger partial charge in [-0.3, -0.25) is 9.78 Å². The quantitative estimate of drug-likeness (QED) is 0.891. The van der Waals surface area contributed by atoms with Crippen molar-refractivity contribution in [2.24, 2.45) is 5.92 Å². The molecule has 0 radical (unpaired) electrons. The van der Waals surface area contributed by atoms with E-state index < -0.39 is 0 Å². The minimum atomic E-state index is 0.228. The molecule has 19 heavy (non-hydrogen) atoms. The summed E-state index contributed by atoms with van der Waals surface area (Å²) < 4.78 is 0. The number of aromatic nitrogens is 1. The van der Waals surface area contributed by atoms with Gasteiger partial charge in [-0.1, -0.05) is 6.07 Å². The van der Waals surface area contributed by atoms with Crippen LogP contribution in [-0.4, -0.2) is 42.5 Å². The van der Waals surface area contributed by atoms with Crippen molar-refractivity contribution in [2.75, 3.05) is 26.7 Å². The minimum absolute atomic E-state index is 0.228. The van der Waals surface area contributed by atoms with E-state index >= 15 is 0 Å². The number of pyridine rings is 1. The summed E-state index contributed by atoms with van der Waals surface area (Å²) in [6.45, 7) is 4.74. The van der Waals surface area contributed by atoms with Crippen molar-refractivity contribution >= 4 is 5.91 Å². The first kappa shape index (κ1) is 14.0. The van der Waals surface area contributed by atoms with Crippen molar-refractivity contribution in [3.8, 4) is 0 Å². The standard InChI is InChI=1S/C15H23N3O/c1-12-5-6-13(10-17-12)8-15(19)18-7-3-4-14(11-18)9-16-2/h5-6,10,14,16H,3-4,7-9,11H2,1-2H3. The lowest BCUT2D eigenvalue weighted by Gasteiger charge is -2.32. The molecule has 2 heterocycles. The van der Waals surface area contributed by atoms with Crippen LogP contribution >= 0.6 is 0 Å². The lowest BCUT2D eigenvalue weighted by Crippen LogP contribution is -2.43. The first-order valence-electron chi connectivity index (χ1n) is 7.03. The first-order chi connectivity index (χ1) is 9.19. The molecule has 1 unspecified atom stereocenters. The van der Waals surface area contributed by atoms with E-state index in [1.54, 1.807) is 0 Å². The smallest absolute Gasteiger partial charge is 0.227 e. The number of rotatable bonds is 4. The molecule has 1 N–H and O–H groups in total. The summed E-state index contributed by atoms with van der Waals surface area (Å²) in [5.41, 5.74) is 1.99. The molecule has 2 rings (SSSR count). The van der Waals surface area contributed by atoms with Crippen molar-refractivity contribution in [1.82, 2.24) is 15.2 Å². The van der Waals surface area contributed by atoms with Crippen LogP contribution < -0.4 is 5.32 Å². The predicted molar refractivity (Wildman–Crippen MR) is 75.9 cm³/mol. The monoisotopic (exact) mass is 261 g/mol. The fourth-order valence-electron chi connectivity index (χ4n) is 2.64. The zero-order valence-corrected chi connectivity index (χ0v) is 11.9. The van der Waals surface area contributed by atoms with Crippen LogP contribution in [0, 0.1) is 12.8 Å². The fraction of sp³-hybridized carbons (Fsp3) is 0.600. The molecule has 4 heteroatoms. The molecule has 0 saturated carbocycles. The number of carbonyl (C=O) groups excluding carboxylic acids is 1. The van der Waals surface area contributed by atoms with Crippen LogP contribution in [-0.2, 0) is 11.2 Å². The molecule has 0 aliphatic carbocycles. The van der Waals surface area contributed by atoms with Crippen molar-refractivity contribution in [2.45, 2.75) is 26.2 Å². The SMILES string of the molecule is CNCC1CCCN(C(=O)Cc2ccc(C)nc2)C1. The molecular weight excluding hydrogens is 238 g/mol. The third kappa shape index (κ3) is 4.03. The van der Waals surface area contributed by atoms with E-state index in [0.717, 1.165) is 37.3 Å². The lowest BCUT2D eigenvalue weighted by molar-refractivity contribution is -0.132. The number of piperidine rings is 1. The van der Waals surface area contributed by atoms with Crippen LogP contribution in [0.15, 0.2) is 18.3 Å². The van der Waals surface area contributed by atoms with Gasteiger partial charge in [0.25, 0.3) is 0 Å². The molecule has 1 amide bonds. The van der Waals surface area contributed by atoms with Gasteiger partial charge in [-0.25, -0.2) is 0 Å². The molecule has 1 aliphatic rings. The third-order valence-electron chi connectivity index (χ3n) is 3.69. The van der Waals surface area contributed by atoms with Gasteiger partial charge in [0, 0.05) is 25.0 Å². The largest absolute Gasteiger partial charge is 0.342 e. The number of likely N-dealkylation sites (tertiary alicyclic amines) is 1. The molecule has 1 saturated heterocycles. The molecule has 1 aromatic heterocycles. The summed E-state index contributed by atoms with van der Waals surface area (Å²) in [7, 11) is 1.97. The van der Waals surface area contributed by atoms with Crippen LogP contribution in [0.5, 0.6) is 0 Å². The summed E-state index contributed by atoms with van der Waals surface area (Å²) in [5.74, 6) is 0.824. The second-order valence-electron chi connectivity index (χ2n) is 5.39. The van der Waals surface area contributed by atoms with E-state index in [0.29, 0.717) is 12.3 Å². The Morgan fingerprint density at radius 1 is 1.53 bits per heavy atom. The van der Waals surface area contributed by atoms with Crippen LogP contribution in [0.25, 0.3) is 0 Å². The molecule has 0 aromatic carbocycles. The Morgan fingerprint density at radius 2 is 2.37 bits per heavy atom. The highest BCUT2D eigenvalue weighted by Gasteiger charge is 2.23. The number of carbonyl (C=O) groups is 1. The summed E-state index contributed by atoms with van der Waals surface area (Å²) in [6.07, 6.45) is 4.61. The van der Waals surface area contributed by atoms with Crippen molar-refractivity contribution < 1.29 is 4.79 Å². The topological polar surface area (TPSA) is 45.2 Å². The highest BCUT2D eigenvalue weighted by molar-refractivity contribution is 5.78. The lowest BCUT2D eigenvalue weighted by atomic mass is 9.97. The molecular formula is C15H23N3O. The highest BCUT2D eigenvalue weighted by Crippen LogP contribution is 2.16. The van der Waals surface area contributed by atoms with E-state index in [2.05, 4.69) is 10.3 Å². The van der Waals surface area contributed by atoms with Gasteiger partial charge in [-0.15, -0.1) is 0 Å². The second kappa shape index (κ2) is 6.66. The molecule has 0 spiro atoms. The molecule has 1 fully saturated rings. The maximum atomic E-state index is 12.3. The van der Waals surface area contributed by atoms with E-state index in [1.807, 2.05) is 37.2 Å². The Hall–Kier alpha value is -1.42. The maximum Gasteiger partial charge on any atom is 0.227 e. The van der Waals surface area contributed by atoms with Crippen molar-refractivity contribution in [3.05, 3.63) is 29.6 Å². The van der Waals surface area contributed by atoms with Gasteiger partial charge in [0.15, 0.2) is 0 Å². The number of nitrogens with zero attached hydrogens (tertiary/aromatic N) is 2. The summed E-state index contributed by atoms with van der Waals surface area (Å²) in [5, 5.41) is 3.20.